The molecular weight excluding hydrogens is 290 g/mol. The number of benzene rings is 1. The van der Waals surface area contributed by atoms with Gasteiger partial charge in [0.1, 0.15) is 5.52 Å². The zero-order chi connectivity index (χ0) is 15.8. The number of hydrogen-bond acceptors (Lipinski definition) is 4. The first-order chi connectivity index (χ1) is 11.3. The molecular formula is C18H23N3O2. The van der Waals surface area contributed by atoms with Crippen LogP contribution in [-0.2, 0) is 4.79 Å². The maximum Gasteiger partial charge on any atom is 0.298 e. The largest absolute Gasteiger partial charge is 0.423 e. The van der Waals surface area contributed by atoms with E-state index in [1.54, 1.807) is 0 Å². The van der Waals surface area contributed by atoms with Gasteiger partial charge in [0.2, 0.25) is 5.91 Å². The van der Waals surface area contributed by atoms with E-state index in [1.807, 2.05) is 31.2 Å². The summed E-state index contributed by atoms with van der Waals surface area (Å²) in [6, 6.07) is 9.24. The molecule has 0 saturated carbocycles. The number of para-hydroxylation sites is 2. The highest BCUT2D eigenvalue weighted by atomic mass is 16.4. The van der Waals surface area contributed by atoms with E-state index in [1.165, 1.54) is 0 Å². The number of amides is 1. The number of nitrogens with zero attached hydrogens (tertiary/aromatic N) is 3. The van der Waals surface area contributed by atoms with Crippen LogP contribution in [0.25, 0.3) is 11.1 Å². The summed E-state index contributed by atoms with van der Waals surface area (Å²) < 4.78 is 5.98. The summed E-state index contributed by atoms with van der Waals surface area (Å²) in [5.41, 5.74) is 1.74. The van der Waals surface area contributed by atoms with E-state index in [2.05, 4.69) is 14.8 Å². The number of oxazole rings is 1. The molecule has 0 spiro atoms. The molecule has 0 N–H and O–H groups in total. The highest BCUT2D eigenvalue weighted by molar-refractivity contribution is 5.77. The Balaban J connectivity index is 1.62. The van der Waals surface area contributed by atoms with E-state index in [0.717, 1.165) is 49.9 Å². The molecule has 1 aromatic heterocycles. The molecule has 122 valence electrons. The molecule has 2 atom stereocenters. The zero-order valence-corrected chi connectivity index (χ0v) is 13.6. The Morgan fingerprint density at radius 1 is 1.22 bits per heavy atom. The summed E-state index contributed by atoms with van der Waals surface area (Å²) in [5, 5.41) is 0. The van der Waals surface area contributed by atoms with Crippen molar-refractivity contribution in [1.82, 2.24) is 9.88 Å². The van der Waals surface area contributed by atoms with Crippen molar-refractivity contribution in [2.45, 2.75) is 51.1 Å². The third kappa shape index (κ3) is 2.48. The lowest BCUT2D eigenvalue weighted by Crippen LogP contribution is -2.48. The SMILES string of the molecule is CCC(=O)N1CCCC1C1CCCN1c1nc2ccccc2o1. The molecule has 2 aromatic rings. The lowest BCUT2D eigenvalue weighted by atomic mass is 10.0. The van der Waals surface area contributed by atoms with Crippen LogP contribution in [0.2, 0.25) is 0 Å². The Labute approximate surface area is 136 Å². The third-order valence-electron chi connectivity index (χ3n) is 5.19. The minimum Gasteiger partial charge on any atom is -0.423 e. The minimum atomic E-state index is 0.275. The van der Waals surface area contributed by atoms with Crippen LogP contribution in [0, 0.1) is 0 Å². The number of hydrogen-bond donors (Lipinski definition) is 0. The average Bonchev–Trinajstić information content (AvgIpc) is 3.29. The quantitative estimate of drug-likeness (QED) is 0.873. The first kappa shape index (κ1) is 14.5. The number of carbonyl (C=O) groups excluding carboxylic acids is 1. The van der Waals surface area contributed by atoms with Gasteiger partial charge in [0.25, 0.3) is 6.01 Å². The highest BCUT2D eigenvalue weighted by Crippen LogP contribution is 2.34. The maximum atomic E-state index is 12.2. The lowest BCUT2D eigenvalue weighted by Gasteiger charge is -2.34. The van der Waals surface area contributed by atoms with Crippen LogP contribution in [0.3, 0.4) is 0 Å². The molecule has 1 aromatic carbocycles. The van der Waals surface area contributed by atoms with Gasteiger partial charge in [-0.05, 0) is 37.8 Å². The first-order valence-electron chi connectivity index (χ1n) is 8.69. The summed E-state index contributed by atoms with van der Waals surface area (Å²) in [7, 11) is 0. The Hall–Kier alpha value is -2.04. The van der Waals surface area contributed by atoms with Crippen molar-refractivity contribution in [3.63, 3.8) is 0 Å². The van der Waals surface area contributed by atoms with Gasteiger partial charge in [0.05, 0.1) is 12.1 Å². The second-order valence-electron chi connectivity index (χ2n) is 6.52. The van der Waals surface area contributed by atoms with Crippen molar-refractivity contribution in [3.8, 4) is 0 Å². The Kier molecular flexibility index (Phi) is 3.71. The van der Waals surface area contributed by atoms with Crippen molar-refractivity contribution < 1.29 is 9.21 Å². The van der Waals surface area contributed by atoms with E-state index < -0.39 is 0 Å². The first-order valence-corrected chi connectivity index (χ1v) is 8.69. The highest BCUT2D eigenvalue weighted by Gasteiger charge is 2.40. The molecule has 5 heteroatoms. The van der Waals surface area contributed by atoms with Crippen LogP contribution < -0.4 is 4.90 Å². The van der Waals surface area contributed by atoms with Crippen molar-refractivity contribution in [2.24, 2.45) is 0 Å². The van der Waals surface area contributed by atoms with Gasteiger partial charge in [-0.25, -0.2) is 0 Å². The summed E-state index contributed by atoms with van der Waals surface area (Å²) in [6.07, 6.45) is 5.03. The van der Waals surface area contributed by atoms with E-state index in [9.17, 15) is 4.79 Å². The average molecular weight is 313 g/mol. The van der Waals surface area contributed by atoms with Gasteiger partial charge < -0.3 is 14.2 Å². The number of likely N-dealkylation sites (tertiary alicyclic amines) is 1. The van der Waals surface area contributed by atoms with Crippen LogP contribution in [0.4, 0.5) is 6.01 Å². The summed E-state index contributed by atoms with van der Waals surface area (Å²) in [6.45, 7) is 3.81. The molecule has 0 radical (unpaired) electrons. The zero-order valence-electron chi connectivity index (χ0n) is 13.6. The van der Waals surface area contributed by atoms with Crippen LogP contribution >= 0.6 is 0 Å². The van der Waals surface area contributed by atoms with Crippen LogP contribution in [-0.4, -0.2) is 41.0 Å². The molecule has 2 fully saturated rings. The normalized spacial score (nSPS) is 24.7. The fourth-order valence-electron chi connectivity index (χ4n) is 4.12. The Morgan fingerprint density at radius 3 is 2.83 bits per heavy atom. The fraction of sp³-hybridized carbons (Fsp3) is 0.556. The standard InChI is InChI=1S/C18H23N3O2/c1-2-17(22)20-11-5-8-14(20)15-9-6-12-21(15)18-19-13-7-3-4-10-16(13)23-18/h3-4,7,10,14-15H,2,5-6,8-9,11-12H2,1H3. The number of rotatable bonds is 3. The fourth-order valence-corrected chi connectivity index (χ4v) is 4.12. The molecule has 0 aliphatic carbocycles. The lowest BCUT2D eigenvalue weighted by molar-refractivity contribution is -0.132. The number of fused-ring (bicyclic) bond motifs is 1. The summed E-state index contributed by atoms with van der Waals surface area (Å²) in [5.74, 6) is 0.275. The molecule has 2 aliphatic rings. The van der Waals surface area contributed by atoms with Crippen LogP contribution in [0.5, 0.6) is 0 Å². The summed E-state index contributed by atoms with van der Waals surface area (Å²) in [4.78, 5) is 21.3. The van der Waals surface area contributed by atoms with Gasteiger partial charge in [-0.2, -0.15) is 4.98 Å². The summed E-state index contributed by atoms with van der Waals surface area (Å²) >= 11 is 0. The molecule has 1 amide bonds. The second-order valence-corrected chi connectivity index (χ2v) is 6.52. The number of anilines is 1. The Bertz CT molecular complexity index is 678. The van der Waals surface area contributed by atoms with E-state index in [4.69, 9.17) is 4.42 Å². The Morgan fingerprint density at radius 2 is 2.00 bits per heavy atom. The maximum absolute atomic E-state index is 12.2. The van der Waals surface area contributed by atoms with E-state index >= 15 is 0 Å². The van der Waals surface area contributed by atoms with Crippen molar-refractivity contribution in [3.05, 3.63) is 24.3 Å². The number of carbonyl (C=O) groups is 1. The van der Waals surface area contributed by atoms with Crippen molar-refractivity contribution >= 4 is 23.0 Å². The molecule has 23 heavy (non-hydrogen) atoms. The van der Waals surface area contributed by atoms with Crippen LogP contribution in [0.1, 0.15) is 39.0 Å². The minimum absolute atomic E-state index is 0.275. The van der Waals surface area contributed by atoms with E-state index in [-0.39, 0.29) is 5.91 Å². The molecule has 2 saturated heterocycles. The van der Waals surface area contributed by atoms with Gasteiger partial charge in [-0.15, -0.1) is 0 Å². The predicted molar refractivity (Wildman–Crippen MR) is 89.4 cm³/mol. The molecule has 2 aliphatic heterocycles. The predicted octanol–water partition coefficient (Wildman–Crippen LogP) is 3.20. The molecule has 5 nitrogen and oxygen atoms in total. The second kappa shape index (κ2) is 5.87. The number of aromatic nitrogens is 1. The van der Waals surface area contributed by atoms with Crippen LogP contribution in [0.15, 0.2) is 28.7 Å². The monoisotopic (exact) mass is 313 g/mol. The topological polar surface area (TPSA) is 49.6 Å². The van der Waals surface area contributed by atoms with Gasteiger partial charge in [0.15, 0.2) is 5.58 Å². The van der Waals surface area contributed by atoms with Gasteiger partial charge >= 0.3 is 0 Å². The van der Waals surface area contributed by atoms with Gasteiger partial charge in [0, 0.05) is 19.5 Å². The molecule has 4 rings (SSSR count). The van der Waals surface area contributed by atoms with Crippen molar-refractivity contribution in [1.29, 1.82) is 0 Å². The molecule has 0 bridgehead atoms. The molecule has 3 heterocycles. The smallest absolute Gasteiger partial charge is 0.298 e. The van der Waals surface area contributed by atoms with Gasteiger partial charge in [-0.3, -0.25) is 4.79 Å². The van der Waals surface area contributed by atoms with Crippen molar-refractivity contribution in [2.75, 3.05) is 18.0 Å². The van der Waals surface area contributed by atoms with Gasteiger partial charge in [-0.1, -0.05) is 19.1 Å². The third-order valence-corrected chi connectivity index (χ3v) is 5.19. The van der Waals surface area contributed by atoms with E-state index in [0.29, 0.717) is 24.5 Å². The molecule has 2 unspecified atom stereocenters.